The van der Waals surface area contributed by atoms with Gasteiger partial charge in [-0.2, -0.15) is 0 Å². The Kier molecular flexibility index (Phi) is 5.36. The van der Waals surface area contributed by atoms with Crippen LogP contribution in [0.5, 0.6) is 5.75 Å². The standard InChI is InChI=1S/C24H29ClO4/c1-7-17(5)28-23(27)24(6,8-2)29-19-10-11-20(15(3)14-19)22(26)18-9-12-21(25)16(4)13-18/h9-14,17H,7-8H2,1-6H3/i6D3,8D2. The first-order valence-corrected chi connectivity index (χ1v) is 9.74. The average Bonchev–Trinajstić information content (AvgIpc) is 2.71. The molecule has 2 unspecified atom stereocenters. The van der Waals surface area contributed by atoms with Gasteiger partial charge in [0.05, 0.1) is 6.10 Å². The van der Waals surface area contributed by atoms with Crippen LogP contribution in [0.3, 0.4) is 0 Å². The van der Waals surface area contributed by atoms with Crippen LogP contribution in [-0.4, -0.2) is 23.5 Å². The number of carbonyl (C=O) groups excluding carboxylic acids is 2. The normalized spacial score (nSPS) is 17.5. The van der Waals surface area contributed by atoms with Gasteiger partial charge in [-0.3, -0.25) is 4.79 Å². The van der Waals surface area contributed by atoms with Gasteiger partial charge in [0.2, 0.25) is 5.60 Å². The number of benzene rings is 2. The quantitative estimate of drug-likeness (QED) is 0.383. The zero-order valence-electron chi connectivity index (χ0n) is 22.3. The van der Waals surface area contributed by atoms with E-state index < -0.39 is 30.9 Å². The van der Waals surface area contributed by atoms with Crippen LogP contribution in [0.15, 0.2) is 36.4 Å². The number of ether oxygens (including phenoxy) is 2. The zero-order chi connectivity index (χ0) is 26.1. The van der Waals surface area contributed by atoms with E-state index in [1.54, 1.807) is 45.9 Å². The second-order valence-corrected chi connectivity index (χ2v) is 7.33. The first-order valence-electron chi connectivity index (χ1n) is 11.9. The van der Waals surface area contributed by atoms with E-state index in [4.69, 9.17) is 27.9 Å². The van der Waals surface area contributed by atoms with Gasteiger partial charge >= 0.3 is 5.97 Å². The monoisotopic (exact) mass is 421 g/mol. The number of aryl methyl sites for hydroxylation is 2. The Labute approximate surface area is 185 Å². The first kappa shape index (κ1) is 16.5. The second kappa shape index (κ2) is 9.45. The number of carbonyl (C=O) groups is 2. The van der Waals surface area contributed by atoms with Crippen molar-refractivity contribution in [3.8, 4) is 5.75 Å². The summed E-state index contributed by atoms with van der Waals surface area (Å²) in [5, 5.41) is 0.538. The van der Waals surface area contributed by atoms with Crippen LogP contribution < -0.4 is 4.74 Å². The van der Waals surface area contributed by atoms with Gasteiger partial charge in [0.15, 0.2) is 5.78 Å². The Hall–Kier alpha value is -2.33. The van der Waals surface area contributed by atoms with Crippen LogP contribution in [0, 0.1) is 13.8 Å². The van der Waals surface area contributed by atoms with Crippen molar-refractivity contribution in [3.63, 3.8) is 0 Å². The van der Waals surface area contributed by atoms with E-state index in [1.807, 2.05) is 0 Å². The summed E-state index contributed by atoms with van der Waals surface area (Å²) >= 11 is 6.04. The fourth-order valence-electron chi connectivity index (χ4n) is 2.62. The summed E-state index contributed by atoms with van der Waals surface area (Å²) in [5.74, 6) is -1.67. The summed E-state index contributed by atoms with van der Waals surface area (Å²) in [4.78, 5) is 26.0. The molecular formula is C24H29ClO4. The van der Waals surface area contributed by atoms with Gasteiger partial charge in [-0.25, -0.2) is 4.79 Å². The van der Waals surface area contributed by atoms with Crippen LogP contribution >= 0.6 is 11.6 Å². The third-order valence-electron chi connectivity index (χ3n) is 4.66. The van der Waals surface area contributed by atoms with Crippen molar-refractivity contribution in [1.29, 1.82) is 0 Å². The van der Waals surface area contributed by atoms with Gasteiger partial charge in [-0.15, -0.1) is 0 Å². The predicted octanol–water partition coefficient (Wildman–Crippen LogP) is 6.08. The van der Waals surface area contributed by atoms with Crippen LogP contribution in [-0.2, 0) is 9.53 Å². The van der Waals surface area contributed by atoms with E-state index in [9.17, 15) is 9.59 Å². The molecule has 0 saturated heterocycles. The van der Waals surface area contributed by atoms with Gasteiger partial charge in [0.25, 0.3) is 0 Å². The SMILES string of the molecule is [2H]C([2H])([2H])C(Oc1ccc(C(=O)c2ccc(Cl)c(C)c2)c(C)c1)(C(=O)OC(C)CC)C([2H])([2H])C. The second-order valence-electron chi connectivity index (χ2n) is 6.93. The van der Waals surface area contributed by atoms with Crippen molar-refractivity contribution >= 4 is 23.4 Å². The Morgan fingerprint density at radius 2 is 1.90 bits per heavy atom. The first-order chi connectivity index (χ1) is 15.5. The molecule has 156 valence electrons. The van der Waals surface area contributed by atoms with Crippen molar-refractivity contribution in [2.45, 2.75) is 66.0 Å². The Morgan fingerprint density at radius 1 is 1.17 bits per heavy atom. The van der Waals surface area contributed by atoms with Crippen LogP contribution in [0.2, 0.25) is 5.02 Å². The Balaban J connectivity index is 2.52. The molecule has 0 aliphatic rings. The van der Waals surface area contributed by atoms with Gasteiger partial charge in [0, 0.05) is 23.0 Å². The molecule has 4 nitrogen and oxygen atoms in total. The molecule has 0 spiro atoms. The lowest BCUT2D eigenvalue weighted by Gasteiger charge is -2.29. The molecule has 0 aliphatic carbocycles. The maximum Gasteiger partial charge on any atom is 0.350 e. The lowest BCUT2D eigenvalue weighted by atomic mass is 9.97. The largest absolute Gasteiger partial charge is 0.476 e. The average molecular weight is 422 g/mol. The highest BCUT2D eigenvalue weighted by Gasteiger charge is 2.36. The number of halogens is 1. The number of hydrogen-bond donors (Lipinski definition) is 0. The van der Waals surface area contributed by atoms with E-state index in [2.05, 4.69) is 0 Å². The summed E-state index contributed by atoms with van der Waals surface area (Å²) in [5.41, 5.74) is -0.943. The van der Waals surface area contributed by atoms with Gasteiger partial charge in [-0.1, -0.05) is 25.4 Å². The minimum atomic E-state index is -3.20. The van der Waals surface area contributed by atoms with E-state index in [0.717, 1.165) is 12.5 Å². The molecule has 2 rings (SSSR count). The highest BCUT2D eigenvalue weighted by Crippen LogP contribution is 2.27. The molecule has 5 heteroatoms. The maximum atomic E-state index is 13.0. The van der Waals surface area contributed by atoms with Crippen LogP contribution in [0.25, 0.3) is 0 Å². The van der Waals surface area contributed by atoms with Crippen molar-refractivity contribution < 1.29 is 25.9 Å². The fraction of sp³-hybridized carbons (Fsp3) is 0.417. The molecule has 0 fully saturated rings. The third-order valence-corrected chi connectivity index (χ3v) is 5.08. The molecule has 0 bridgehead atoms. The Morgan fingerprint density at radius 3 is 2.45 bits per heavy atom. The van der Waals surface area contributed by atoms with E-state index >= 15 is 0 Å². The lowest BCUT2D eigenvalue weighted by Crippen LogP contribution is -2.43. The maximum absolute atomic E-state index is 13.0. The zero-order valence-corrected chi connectivity index (χ0v) is 18.0. The molecule has 2 atom stereocenters. The number of hydrogen-bond acceptors (Lipinski definition) is 4. The molecular weight excluding hydrogens is 388 g/mol. The Bertz CT molecular complexity index is 1060. The molecule has 2 aromatic carbocycles. The lowest BCUT2D eigenvalue weighted by molar-refractivity contribution is -0.166. The third kappa shape index (κ3) is 5.39. The van der Waals surface area contributed by atoms with Crippen LogP contribution in [0.1, 0.15) is 74.3 Å². The molecule has 0 aromatic heterocycles. The summed E-state index contributed by atoms with van der Waals surface area (Å²) < 4.78 is 51.3. The molecule has 2 aromatic rings. The topological polar surface area (TPSA) is 52.6 Å². The number of rotatable bonds is 8. The van der Waals surface area contributed by atoms with Crippen molar-refractivity contribution in [1.82, 2.24) is 0 Å². The van der Waals surface area contributed by atoms with Gasteiger partial charge in [-0.05, 0) is 87.9 Å². The van der Waals surface area contributed by atoms with E-state index in [0.29, 0.717) is 28.1 Å². The minimum Gasteiger partial charge on any atom is -0.476 e. The van der Waals surface area contributed by atoms with Crippen molar-refractivity contribution in [3.05, 3.63) is 63.7 Å². The summed E-state index contributed by atoms with van der Waals surface area (Å²) in [6, 6.07) is 9.10. The highest BCUT2D eigenvalue weighted by atomic mass is 35.5. The van der Waals surface area contributed by atoms with Crippen LogP contribution in [0.4, 0.5) is 0 Å². The highest BCUT2D eigenvalue weighted by molar-refractivity contribution is 6.31. The summed E-state index contributed by atoms with van der Waals surface area (Å²) in [7, 11) is 0. The molecule has 0 aliphatic heterocycles. The van der Waals surface area contributed by atoms with E-state index in [1.165, 1.54) is 18.2 Å². The van der Waals surface area contributed by atoms with Crippen molar-refractivity contribution in [2.75, 3.05) is 0 Å². The van der Waals surface area contributed by atoms with Gasteiger partial charge < -0.3 is 9.47 Å². The molecule has 0 amide bonds. The van der Waals surface area contributed by atoms with Gasteiger partial charge in [0.1, 0.15) is 5.75 Å². The smallest absolute Gasteiger partial charge is 0.350 e. The number of esters is 1. The summed E-state index contributed by atoms with van der Waals surface area (Å²) in [6.45, 7) is 4.52. The van der Waals surface area contributed by atoms with E-state index in [-0.39, 0.29) is 11.5 Å². The minimum absolute atomic E-state index is 0.0794. The molecule has 0 N–H and O–H groups in total. The molecule has 29 heavy (non-hydrogen) atoms. The summed E-state index contributed by atoms with van der Waals surface area (Å²) in [6.07, 6.45) is -2.86. The van der Waals surface area contributed by atoms with Crippen molar-refractivity contribution in [2.24, 2.45) is 0 Å². The predicted molar refractivity (Wildman–Crippen MR) is 116 cm³/mol. The molecule has 0 radical (unpaired) electrons. The molecule has 0 saturated carbocycles. The fourth-order valence-corrected chi connectivity index (χ4v) is 2.73. The number of ketones is 1. The molecule has 0 heterocycles.